The van der Waals surface area contributed by atoms with Crippen molar-refractivity contribution in [3.8, 4) is 0 Å². The van der Waals surface area contributed by atoms with Gasteiger partial charge in [-0.25, -0.2) is 0 Å². The van der Waals surface area contributed by atoms with Gasteiger partial charge in [-0.3, -0.25) is 14.7 Å². The van der Waals surface area contributed by atoms with Crippen molar-refractivity contribution in [1.29, 1.82) is 0 Å². The van der Waals surface area contributed by atoms with Crippen molar-refractivity contribution in [2.45, 2.75) is 20.4 Å². The first-order valence-electron chi connectivity index (χ1n) is 5.66. The van der Waals surface area contributed by atoms with Crippen molar-refractivity contribution < 1.29 is 4.79 Å². The van der Waals surface area contributed by atoms with E-state index in [4.69, 9.17) is 5.73 Å². The molecule has 0 saturated heterocycles. The average Bonchev–Trinajstić information content (AvgIpc) is 2.73. The molecule has 0 radical (unpaired) electrons. The molecule has 3 N–H and O–H groups in total. The summed E-state index contributed by atoms with van der Waals surface area (Å²) in [6, 6.07) is 6.89. The third-order valence-electron chi connectivity index (χ3n) is 2.82. The van der Waals surface area contributed by atoms with Crippen LogP contribution in [-0.2, 0) is 6.54 Å². The van der Waals surface area contributed by atoms with Crippen molar-refractivity contribution >= 4 is 5.91 Å². The van der Waals surface area contributed by atoms with Crippen LogP contribution in [0.25, 0.3) is 0 Å². The topological polar surface area (TPSA) is 80.9 Å². The summed E-state index contributed by atoms with van der Waals surface area (Å²) >= 11 is 0. The number of nitrogens with one attached hydrogen (secondary N) is 1. The van der Waals surface area contributed by atoms with E-state index in [1.165, 1.54) is 6.07 Å². The number of aromatic amines is 1. The van der Waals surface area contributed by atoms with Gasteiger partial charge in [0.15, 0.2) is 0 Å². The van der Waals surface area contributed by atoms with E-state index in [2.05, 4.69) is 5.10 Å². The molecule has 0 atom stereocenters. The molecule has 0 aliphatic rings. The van der Waals surface area contributed by atoms with Crippen LogP contribution >= 0.6 is 0 Å². The van der Waals surface area contributed by atoms with Crippen LogP contribution in [0.15, 0.2) is 29.1 Å². The number of carbonyl (C=O) groups excluding carboxylic acids is 1. The van der Waals surface area contributed by atoms with Crippen LogP contribution in [0.1, 0.15) is 27.2 Å². The second-order valence-electron chi connectivity index (χ2n) is 4.28. The normalized spacial score (nSPS) is 10.6. The first-order chi connectivity index (χ1) is 8.52. The Morgan fingerprint density at radius 1 is 1.33 bits per heavy atom. The zero-order valence-corrected chi connectivity index (χ0v) is 10.4. The van der Waals surface area contributed by atoms with Crippen molar-refractivity contribution in [3.63, 3.8) is 0 Å². The molecule has 0 fully saturated rings. The molecule has 0 unspecified atom stereocenters. The highest BCUT2D eigenvalue weighted by molar-refractivity contribution is 5.96. The van der Waals surface area contributed by atoms with E-state index in [-0.39, 0.29) is 18.0 Å². The van der Waals surface area contributed by atoms with Crippen LogP contribution in [0, 0.1) is 13.8 Å². The zero-order valence-electron chi connectivity index (χ0n) is 10.4. The van der Waals surface area contributed by atoms with Gasteiger partial charge in [0.1, 0.15) is 0 Å². The number of benzene rings is 1. The molecule has 0 spiro atoms. The smallest absolute Gasteiger partial charge is 0.279 e. The van der Waals surface area contributed by atoms with E-state index in [0.29, 0.717) is 11.3 Å². The van der Waals surface area contributed by atoms with Gasteiger partial charge < -0.3 is 5.73 Å². The summed E-state index contributed by atoms with van der Waals surface area (Å²) in [6.07, 6.45) is 0. The maximum atomic E-state index is 12.3. The lowest BCUT2D eigenvalue weighted by Crippen LogP contribution is -2.25. The summed E-state index contributed by atoms with van der Waals surface area (Å²) in [5, 5.41) is 2.71. The number of aryl methyl sites for hydroxylation is 2. The molecule has 0 saturated carbocycles. The van der Waals surface area contributed by atoms with Crippen LogP contribution in [0.4, 0.5) is 0 Å². The molecule has 5 nitrogen and oxygen atoms in total. The van der Waals surface area contributed by atoms with Crippen molar-refractivity contribution in [1.82, 2.24) is 9.78 Å². The molecule has 18 heavy (non-hydrogen) atoms. The lowest BCUT2D eigenvalue weighted by molar-refractivity contribution is 0.0940. The van der Waals surface area contributed by atoms with Crippen LogP contribution in [0.5, 0.6) is 0 Å². The summed E-state index contributed by atoms with van der Waals surface area (Å²) in [4.78, 5) is 23.9. The summed E-state index contributed by atoms with van der Waals surface area (Å²) in [7, 11) is 0. The molecule has 0 bridgehead atoms. The number of H-pyrrole nitrogens is 1. The third kappa shape index (κ3) is 2.12. The number of aromatic nitrogens is 2. The van der Waals surface area contributed by atoms with E-state index < -0.39 is 0 Å². The SMILES string of the molecule is Cc1ccc(C)c(C(=O)n2[nH]c(CN)cc2=O)c1. The summed E-state index contributed by atoms with van der Waals surface area (Å²) in [6.45, 7) is 3.94. The fourth-order valence-electron chi connectivity index (χ4n) is 1.79. The molecule has 0 aliphatic heterocycles. The number of rotatable bonds is 2. The minimum Gasteiger partial charge on any atom is -0.325 e. The number of hydrogen-bond donors (Lipinski definition) is 2. The number of nitrogens with zero attached hydrogens (tertiary/aromatic N) is 1. The predicted octanol–water partition coefficient (Wildman–Crippen LogP) is 0.940. The predicted molar refractivity (Wildman–Crippen MR) is 68.6 cm³/mol. The van der Waals surface area contributed by atoms with Crippen molar-refractivity contribution in [2.75, 3.05) is 0 Å². The number of nitrogens with two attached hydrogens (primary N) is 1. The van der Waals surface area contributed by atoms with Crippen molar-refractivity contribution in [3.05, 3.63) is 57.0 Å². The average molecular weight is 245 g/mol. The van der Waals surface area contributed by atoms with Crippen molar-refractivity contribution in [2.24, 2.45) is 5.73 Å². The molecular weight excluding hydrogens is 230 g/mol. The lowest BCUT2D eigenvalue weighted by atomic mass is 10.1. The van der Waals surface area contributed by atoms with Gasteiger partial charge in [-0.15, -0.1) is 0 Å². The first kappa shape index (κ1) is 12.3. The van der Waals surface area contributed by atoms with E-state index >= 15 is 0 Å². The first-order valence-corrected chi connectivity index (χ1v) is 5.66. The highest BCUT2D eigenvalue weighted by atomic mass is 16.2. The second-order valence-corrected chi connectivity index (χ2v) is 4.28. The molecular formula is C13H15N3O2. The van der Waals surface area contributed by atoms with E-state index in [0.717, 1.165) is 15.8 Å². The Morgan fingerprint density at radius 3 is 2.67 bits per heavy atom. The fourth-order valence-corrected chi connectivity index (χ4v) is 1.79. The summed E-state index contributed by atoms with van der Waals surface area (Å²) < 4.78 is 0.990. The molecule has 1 aromatic heterocycles. The Kier molecular flexibility index (Phi) is 3.16. The molecule has 0 aliphatic carbocycles. The molecule has 2 aromatic rings. The van der Waals surface area contributed by atoms with Crippen LogP contribution in [0.2, 0.25) is 0 Å². The lowest BCUT2D eigenvalue weighted by Gasteiger charge is -2.06. The second kappa shape index (κ2) is 4.62. The van der Waals surface area contributed by atoms with E-state index in [9.17, 15) is 9.59 Å². The van der Waals surface area contributed by atoms with Crippen LogP contribution in [-0.4, -0.2) is 15.7 Å². The zero-order chi connectivity index (χ0) is 13.3. The Hall–Kier alpha value is -2.14. The van der Waals surface area contributed by atoms with Gasteiger partial charge in [-0.1, -0.05) is 17.7 Å². The molecule has 5 heteroatoms. The Balaban J connectivity index is 2.50. The third-order valence-corrected chi connectivity index (χ3v) is 2.82. The minimum atomic E-state index is -0.388. The maximum absolute atomic E-state index is 12.3. The summed E-state index contributed by atoms with van der Waals surface area (Å²) in [5.74, 6) is -0.360. The maximum Gasteiger partial charge on any atom is 0.279 e. The number of carbonyl (C=O) groups is 1. The fraction of sp³-hybridized carbons (Fsp3) is 0.231. The van der Waals surface area contributed by atoms with Gasteiger partial charge in [0.05, 0.1) is 5.69 Å². The van der Waals surface area contributed by atoms with Gasteiger partial charge in [0.25, 0.3) is 11.5 Å². The van der Waals surface area contributed by atoms with Gasteiger partial charge in [-0.2, -0.15) is 4.68 Å². The van der Waals surface area contributed by atoms with Crippen LogP contribution in [0.3, 0.4) is 0 Å². The molecule has 0 amide bonds. The van der Waals surface area contributed by atoms with E-state index in [1.54, 1.807) is 6.07 Å². The largest absolute Gasteiger partial charge is 0.325 e. The standard InChI is InChI=1S/C13H15N3O2/c1-8-3-4-9(2)11(5-8)13(18)16-12(17)6-10(7-14)15-16/h3-6,15H,7,14H2,1-2H3. The highest BCUT2D eigenvalue weighted by Gasteiger charge is 2.15. The summed E-state index contributed by atoms with van der Waals surface area (Å²) in [5.41, 5.74) is 7.91. The molecule has 94 valence electrons. The molecule has 2 rings (SSSR count). The number of hydrogen-bond acceptors (Lipinski definition) is 3. The Labute approximate surface area is 104 Å². The van der Waals surface area contributed by atoms with E-state index in [1.807, 2.05) is 26.0 Å². The van der Waals surface area contributed by atoms with Gasteiger partial charge >= 0.3 is 0 Å². The minimum absolute atomic E-state index is 0.197. The van der Waals surface area contributed by atoms with Gasteiger partial charge in [-0.05, 0) is 25.5 Å². The Morgan fingerprint density at radius 2 is 2.06 bits per heavy atom. The quantitative estimate of drug-likeness (QED) is 0.826. The highest BCUT2D eigenvalue weighted by Crippen LogP contribution is 2.11. The monoisotopic (exact) mass is 245 g/mol. The Bertz CT molecular complexity index is 652. The van der Waals surface area contributed by atoms with Gasteiger partial charge in [0, 0.05) is 18.2 Å². The molecule has 1 aromatic carbocycles. The van der Waals surface area contributed by atoms with Gasteiger partial charge in [0.2, 0.25) is 0 Å². The van der Waals surface area contributed by atoms with Crippen LogP contribution < -0.4 is 11.3 Å². The molecule has 1 heterocycles.